The van der Waals surface area contributed by atoms with Crippen LogP contribution >= 0.6 is 11.8 Å². The number of benzene rings is 3. The Hall–Kier alpha value is -4.05. The quantitative estimate of drug-likeness (QED) is 0.185. The number of hydrogen-bond donors (Lipinski definition) is 1. The lowest BCUT2D eigenvalue weighted by Gasteiger charge is -2.14. The number of fused-ring (bicyclic) bond motifs is 1. The van der Waals surface area contributed by atoms with Gasteiger partial charge in [0.25, 0.3) is 11.2 Å². The van der Waals surface area contributed by atoms with E-state index in [-0.39, 0.29) is 17.0 Å². The van der Waals surface area contributed by atoms with Gasteiger partial charge in [0.05, 0.1) is 33.3 Å². The highest BCUT2D eigenvalue weighted by molar-refractivity contribution is 7.99. The monoisotopic (exact) mass is 478 g/mol. The van der Waals surface area contributed by atoms with E-state index in [1.807, 2.05) is 32.0 Å². The average molecular weight is 479 g/mol. The minimum absolute atomic E-state index is 0.116. The maximum absolute atomic E-state index is 13.4. The first-order chi connectivity index (χ1) is 16.2. The Labute approximate surface area is 197 Å². The average Bonchev–Trinajstić information content (AvgIpc) is 2.81. The van der Waals surface area contributed by atoms with Crippen LogP contribution in [0.4, 0.5) is 15.8 Å². The molecule has 8 nitrogen and oxygen atoms in total. The lowest BCUT2D eigenvalue weighted by Crippen LogP contribution is -2.23. The SMILES string of the molecule is Cc1ccc(-n2c(SCC(=O)Nc3ccc(F)cc3[N+](=O)[O-])nc3ccccc3c2=O)cc1C. The number of nitrogens with one attached hydrogen (secondary N) is 1. The molecule has 1 amide bonds. The fourth-order valence-electron chi connectivity index (χ4n) is 3.38. The summed E-state index contributed by atoms with van der Waals surface area (Å²) < 4.78 is 14.8. The number of carbonyl (C=O) groups excluding carboxylic acids is 1. The molecule has 0 radical (unpaired) electrons. The van der Waals surface area contributed by atoms with Crippen LogP contribution in [0.15, 0.2) is 70.6 Å². The maximum atomic E-state index is 13.4. The molecule has 172 valence electrons. The van der Waals surface area contributed by atoms with Gasteiger partial charge in [-0.25, -0.2) is 9.37 Å². The number of aryl methyl sites for hydroxylation is 2. The van der Waals surface area contributed by atoms with Crippen LogP contribution in [0.2, 0.25) is 0 Å². The Morgan fingerprint density at radius 3 is 2.62 bits per heavy atom. The van der Waals surface area contributed by atoms with E-state index in [1.54, 1.807) is 24.3 Å². The van der Waals surface area contributed by atoms with Gasteiger partial charge in [-0.05, 0) is 61.4 Å². The summed E-state index contributed by atoms with van der Waals surface area (Å²) in [6.07, 6.45) is 0. The molecule has 0 saturated carbocycles. The fourth-order valence-corrected chi connectivity index (χ4v) is 4.19. The number of nitrogens with zero attached hydrogens (tertiary/aromatic N) is 3. The summed E-state index contributed by atoms with van der Waals surface area (Å²) >= 11 is 1.02. The molecule has 0 aliphatic carbocycles. The molecule has 0 bridgehead atoms. The first-order valence-corrected chi connectivity index (χ1v) is 11.2. The van der Waals surface area contributed by atoms with E-state index in [1.165, 1.54) is 4.57 Å². The Bertz CT molecular complexity index is 1500. The van der Waals surface area contributed by atoms with Crippen molar-refractivity contribution in [2.24, 2.45) is 0 Å². The van der Waals surface area contributed by atoms with Crippen LogP contribution in [0.3, 0.4) is 0 Å². The van der Waals surface area contributed by atoms with Crippen LogP contribution in [0, 0.1) is 29.8 Å². The zero-order chi connectivity index (χ0) is 24.4. The highest BCUT2D eigenvalue weighted by atomic mass is 32.2. The highest BCUT2D eigenvalue weighted by Gasteiger charge is 2.19. The molecule has 1 aromatic heterocycles. The van der Waals surface area contributed by atoms with E-state index in [4.69, 9.17) is 0 Å². The van der Waals surface area contributed by atoms with Gasteiger partial charge < -0.3 is 5.32 Å². The number of para-hydroxylation sites is 1. The lowest BCUT2D eigenvalue weighted by atomic mass is 10.1. The fraction of sp³-hybridized carbons (Fsp3) is 0.125. The number of nitro groups is 1. The van der Waals surface area contributed by atoms with Crippen LogP contribution in [-0.4, -0.2) is 26.1 Å². The first-order valence-electron chi connectivity index (χ1n) is 10.2. The van der Waals surface area contributed by atoms with Crippen LogP contribution < -0.4 is 10.9 Å². The number of thioether (sulfide) groups is 1. The summed E-state index contributed by atoms with van der Waals surface area (Å²) in [4.78, 5) is 40.9. The van der Waals surface area contributed by atoms with Gasteiger partial charge >= 0.3 is 0 Å². The maximum Gasteiger partial charge on any atom is 0.295 e. The summed E-state index contributed by atoms with van der Waals surface area (Å²) in [5, 5.41) is 14.4. The molecular formula is C24H19FN4O4S. The van der Waals surface area contributed by atoms with Gasteiger partial charge in [0.2, 0.25) is 5.91 Å². The van der Waals surface area contributed by atoms with Gasteiger partial charge in [-0.1, -0.05) is 30.0 Å². The summed E-state index contributed by atoms with van der Waals surface area (Å²) in [7, 11) is 0. The van der Waals surface area contributed by atoms with Crippen molar-refractivity contribution in [2.45, 2.75) is 19.0 Å². The normalized spacial score (nSPS) is 10.9. The summed E-state index contributed by atoms with van der Waals surface area (Å²) in [6, 6.07) is 15.4. The number of halogens is 1. The number of amides is 1. The van der Waals surface area contributed by atoms with Gasteiger partial charge in [0.15, 0.2) is 5.16 Å². The standard InChI is InChI=1S/C24H19FN4O4S/c1-14-7-9-17(11-15(14)2)28-23(31)18-5-3-4-6-19(18)27-24(28)34-13-22(30)26-20-10-8-16(25)12-21(20)29(32)33/h3-12H,13H2,1-2H3,(H,26,30). The molecule has 1 heterocycles. The molecule has 0 saturated heterocycles. The molecular weight excluding hydrogens is 459 g/mol. The second kappa shape index (κ2) is 9.44. The molecule has 4 aromatic rings. The van der Waals surface area contributed by atoms with E-state index in [0.717, 1.165) is 41.1 Å². The molecule has 0 unspecified atom stereocenters. The van der Waals surface area contributed by atoms with Crippen LogP contribution in [0.25, 0.3) is 16.6 Å². The topological polar surface area (TPSA) is 107 Å². The lowest BCUT2D eigenvalue weighted by molar-refractivity contribution is -0.384. The Morgan fingerprint density at radius 1 is 1.12 bits per heavy atom. The van der Waals surface area contributed by atoms with E-state index >= 15 is 0 Å². The number of nitro benzene ring substituents is 1. The van der Waals surface area contributed by atoms with Crippen molar-refractivity contribution in [2.75, 3.05) is 11.1 Å². The first kappa shape index (κ1) is 23.1. The van der Waals surface area contributed by atoms with E-state index in [0.29, 0.717) is 21.7 Å². The predicted molar refractivity (Wildman–Crippen MR) is 129 cm³/mol. The third-order valence-corrected chi connectivity index (χ3v) is 6.20. The van der Waals surface area contributed by atoms with E-state index < -0.39 is 22.3 Å². The van der Waals surface area contributed by atoms with Crippen molar-refractivity contribution in [1.29, 1.82) is 0 Å². The Morgan fingerprint density at radius 2 is 1.88 bits per heavy atom. The van der Waals surface area contributed by atoms with Gasteiger partial charge in [0.1, 0.15) is 11.5 Å². The van der Waals surface area contributed by atoms with Gasteiger partial charge in [-0.15, -0.1) is 0 Å². The molecule has 1 N–H and O–H groups in total. The van der Waals surface area contributed by atoms with Crippen molar-refractivity contribution in [3.05, 3.63) is 98.1 Å². The largest absolute Gasteiger partial charge is 0.320 e. The van der Waals surface area contributed by atoms with Gasteiger partial charge in [-0.3, -0.25) is 24.3 Å². The predicted octanol–water partition coefficient (Wildman–Crippen LogP) is 4.78. The molecule has 0 atom stereocenters. The van der Waals surface area contributed by atoms with Crippen molar-refractivity contribution in [3.8, 4) is 5.69 Å². The number of rotatable bonds is 6. The molecule has 0 fully saturated rings. The Kier molecular flexibility index (Phi) is 6.42. The van der Waals surface area contributed by atoms with Crippen molar-refractivity contribution in [1.82, 2.24) is 9.55 Å². The van der Waals surface area contributed by atoms with Crippen molar-refractivity contribution >= 4 is 39.9 Å². The van der Waals surface area contributed by atoms with E-state index in [2.05, 4.69) is 10.3 Å². The third-order valence-electron chi connectivity index (χ3n) is 5.26. The zero-order valence-electron chi connectivity index (χ0n) is 18.2. The second-order valence-corrected chi connectivity index (χ2v) is 8.52. The van der Waals surface area contributed by atoms with Crippen LogP contribution in [0.1, 0.15) is 11.1 Å². The third kappa shape index (κ3) is 4.67. The minimum Gasteiger partial charge on any atom is -0.320 e. The Balaban J connectivity index is 1.68. The summed E-state index contributed by atoms with van der Waals surface area (Å²) in [6.45, 7) is 3.91. The molecule has 34 heavy (non-hydrogen) atoms. The highest BCUT2D eigenvalue weighted by Crippen LogP contribution is 2.26. The number of hydrogen-bond acceptors (Lipinski definition) is 6. The van der Waals surface area contributed by atoms with Crippen molar-refractivity contribution < 1.29 is 14.1 Å². The molecule has 0 spiro atoms. The van der Waals surface area contributed by atoms with E-state index in [9.17, 15) is 24.1 Å². The minimum atomic E-state index is -0.781. The summed E-state index contributed by atoms with van der Waals surface area (Å²) in [5.74, 6) is -1.52. The smallest absolute Gasteiger partial charge is 0.295 e. The molecule has 10 heteroatoms. The number of anilines is 1. The van der Waals surface area contributed by atoms with Gasteiger partial charge in [-0.2, -0.15) is 0 Å². The molecule has 4 rings (SSSR count). The number of carbonyl (C=O) groups is 1. The molecule has 3 aromatic carbocycles. The zero-order valence-corrected chi connectivity index (χ0v) is 19.1. The van der Waals surface area contributed by atoms with Crippen LogP contribution in [-0.2, 0) is 4.79 Å². The van der Waals surface area contributed by atoms with Crippen LogP contribution in [0.5, 0.6) is 0 Å². The van der Waals surface area contributed by atoms with Gasteiger partial charge in [0, 0.05) is 0 Å². The number of aromatic nitrogens is 2. The molecule has 0 aliphatic rings. The molecule has 0 aliphatic heterocycles. The summed E-state index contributed by atoms with van der Waals surface area (Å²) in [5.41, 5.74) is 2.23. The van der Waals surface area contributed by atoms with Crippen molar-refractivity contribution in [3.63, 3.8) is 0 Å². The second-order valence-electron chi connectivity index (χ2n) is 7.58.